The molecule has 0 radical (unpaired) electrons. The van der Waals surface area contributed by atoms with E-state index in [0.717, 1.165) is 5.56 Å². The summed E-state index contributed by atoms with van der Waals surface area (Å²) in [6.07, 6.45) is 0.554. The normalized spacial score (nSPS) is 9.71. The van der Waals surface area contributed by atoms with Gasteiger partial charge in [0.05, 0.1) is 19.4 Å². The molecule has 0 atom stereocenters. The van der Waals surface area contributed by atoms with E-state index < -0.39 is 0 Å². The number of ether oxygens (including phenoxy) is 1. The predicted molar refractivity (Wildman–Crippen MR) is 64.4 cm³/mol. The highest BCUT2D eigenvalue weighted by atomic mass is 16.5. The van der Waals surface area contributed by atoms with Crippen LogP contribution >= 0.6 is 0 Å². The summed E-state index contributed by atoms with van der Waals surface area (Å²) in [5.41, 5.74) is 0.959. The number of carbonyl (C=O) groups excluding carboxylic acids is 2. The van der Waals surface area contributed by atoms with E-state index in [1.54, 1.807) is 6.92 Å². The van der Waals surface area contributed by atoms with Gasteiger partial charge in [-0.1, -0.05) is 30.3 Å². The molecule has 1 rings (SSSR count). The van der Waals surface area contributed by atoms with Crippen molar-refractivity contribution in [2.75, 3.05) is 13.2 Å². The molecule has 0 bridgehead atoms. The monoisotopic (exact) mass is 235 g/mol. The van der Waals surface area contributed by atoms with E-state index in [9.17, 15) is 9.59 Å². The summed E-state index contributed by atoms with van der Waals surface area (Å²) in [5, 5.41) is 2.68. The van der Waals surface area contributed by atoms with Gasteiger partial charge in [0.2, 0.25) is 5.91 Å². The first-order chi connectivity index (χ1) is 8.22. The van der Waals surface area contributed by atoms with Gasteiger partial charge in [-0.3, -0.25) is 9.59 Å². The summed E-state index contributed by atoms with van der Waals surface area (Å²) < 4.78 is 4.75. The van der Waals surface area contributed by atoms with Crippen LogP contribution in [-0.4, -0.2) is 25.0 Å². The molecule has 0 aliphatic carbocycles. The van der Waals surface area contributed by atoms with E-state index in [1.807, 2.05) is 30.3 Å². The standard InChI is InChI=1S/C13H17NO3/c1-2-17-13(16)8-9-14-12(15)10-11-6-4-3-5-7-11/h3-7H,2,8-10H2,1H3,(H,14,15). The molecule has 0 fully saturated rings. The third-order valence-electron chi connectivity index (χ3n) is 2.16. The fourth-order valence-electron chi connectivity index (χ4n) is 1.38. The molecule has 4 nitrogen and oxygen atoms in total. The number of esters is 1. The van der Waals surface area contributed by atoms with E-state index in [4.69, 9.17) is 4.74 Å². The average molecular weight is 235 g/mol. The van der Waals surface area contributed by atoms with Crippen LogP contribution < -0.4 is 5.32 Å². The molecule has 1 aromatic carbocycles. The zero-order valence-corrected chi connectivity index (χ0v) is 9.94. The number of hydrogen-bond acceptors (Lipinski definition) is 3. The van der Waals surface area contributed by atoms with Crippen molar-refractivity contribution in [2.45, 2.75) is 19.8 Å². The van der Waals surface area contributed by atoms with Gasteiger partial charge in [0, 0.05) is 6.54 Å². The van der Waals surface area contributed by atoms with Gasteiger partial charge in [0.15, 0.2) is 0 Å². The lowest BCUT2D eigenvalue weighted by atomic mass is 10.1. The first-order valence-corrected chi connectivity index (χ1v) is 5.68. The van der Waals surface area contributed by atoms with Crippen LogP contribution in [0.3, 0.4) is 0 Å². The summed E-state index contributed by atoms with van der Waals surface area (Å²) in [6, 6.07) is 9.47. The van der Waals surface area contributed by atoms with Gasteiger partial charge in [-0.25, -0.2) is 0 Å². The second-order valence-electron chi connectivity index (χ2n) is 3.57. The van der Waals surface area contributed by atoms with Gasteiger partial charge in [0.25, 0.3) is 0 Å². The molecule has 1 aromatic rings. The van der Waals surface area contributed by atoms with E-state index in [-0.39, 0.29) is 18.3 Å². The molecule has 4 heteroatoms. The fourth-order valence-corrected chi connectivity index (χ4v) is 1.38. The minimum Gasteiger partial charge on any atom is -0.466 e. The van der Waals surface area contributed by atoms with Crippen LogP contribution in [-0.2, 0) is 20.7 Å². The summed E-state index contributed by atoms with van der Waals surface area (Å²) in [7, 11) is 0. The molecule has 1 N–H and O–H groups in total. The number of benzene rings is 1. The number of amides is 1. The first-order valence-electron chi connectivity index (χ1n) is 5.68. The Morgan fingerprint density at radius 1 is 1.24 bits per heavy atom. The molecular weight excluding hydrogens is 218 g/mol. The number of hydrogen-bond donors (Lipinski definition) is 1. The Labute approximate surface area is 101 Å². The Morgan fingerprint density at radius 3 is 2.59 bits per heavy atom. The van der Waals surface area contributed by atoms with Gasteiger partial charge in [-0.15, -0.1) is 0 Å². The van der Waals surface area contributed by atoms with E-state index in [1.165, 1.54) is 0 Å². The minimum atomic E-state index is -0.285. The molecule has 0 spiro atoms. The molecule has 0 aromatic heterocycles. The highest BCUT2D eigenvalue weighted by Gasteiger charge is 2.05. The molecule has 92 valence electrons. The van der Waals surface area contributed by atoms with Crippen LogP contribution in [0.4, 0.5) is 0 Å². The second-order valence-corrected chi connectivity index (χ2v) is 3.57. The smallest absolute Gasteiger partial charge is 0.307 e. The second kappa shape index (κ2) is 7.44. The molecule has 1 amide bonds. The molecule has 0 unspecified atom stereocenters. The van der Waals surface area contributed by atoms with Crippen molar-refractivity contribution in [2.24, 2.45) is 0 Å². The maximum absolute atomic E-state index is 11.5. The van der Waals surface area contributed by atoms with Crippen LogP contribution in [0.1, 0.15) is 18.9 Å². The van der Waals surface area contributed by atoms with Gasteiger partial charge in [0.1, 0.15) is 0 Å². The third-order valence-corrected chi connectivity index (χ3v) is 2.16. The highest BCUT2D eigenvalue weighted by molar-refractivity contribution is 5.79. The molecule has 0 aliphatic rings. The van der Waals surface area contributed by atoms with Crippen molar-refractivity contribution >= 4 is 11.9 Å². The maximum Gasteiger partial charge on any atom is 0.307 e. The summed E-state index contributed by atoms with van der Waals surface area (Å²) in [5.74, 6) is -0.368. The van der Waals surface area contributed by atoms with Crippen LogP contribution in [0.25, 0.3) is 0 Å². The maximum atomic E-state index is 11.5. The summed E-state index contributed by atoms with van der Waals surface area (Å²) >= 11 is 0. The van der Waals surface area contributed by atoms with Crippen LogP contribution in [0.5, 0.6) is 0 Å². The van der Waals surface area contributed by atoms with Gasteiger partial charge in [-0.2, -0.15) is 0 Å². The molecule has 0 saturated carbocycles. The van der Waals surface area contributed by atoms with E-state index >= 15 is 0 Å². The highest BCUT2D eigenvalue weighted by Crippen LogP contribution is 1.99. The van der Waals surface area contributed by atoms with Gasteiger partial charge >= 0.3 is 5.97 Å². The van der Waals surface area contributed by atoms with Crippen molar-refractivity contribution < 1.29 is 14.3 Å². The third kappa shape index (κ3) is 5.70. The molecule has 0 saturated heterocycles. The Morgan fingerprint density at radius 2 is 1.94 bits per heavy atom. The Hall–Kier alpha value is -1.84. The number of carbonyl (C=O) groups is 2. The quantitative estimate of drug-likeness (QED) is 0.756. The lowest BCUT2D eigenvalue weighted by molar-refractivity contribution is -0.143. The largest absolute Gasteiger partial charge is 0.466 e. The number of nitrogens with one attached hydrogen (secondary N) is 1. The molecular formula is C13H17NO3. The lowest BCUT2D eigenvalue weighted by Gasteiger charge is -2.05. The van der Waals surface area contributed by atoms with Crippen molar-refractivity contribution in [3.63, 3.8) is 0 Å². The summed E-state index contributed by atoms with van der Waals surface area (Å²) in [4.78, 5) is 22.5. The number of rotatable bonds is 6. The molecule has 0 heterocycles. The van der Waals surface area contributed by atoms with Crippen molar-refractivity contribution in [3.05, 3.63) is 35.9 Å². The molecule has 17 heavy (non-hydrogen) atoms. The van der Waals surface area contributed by atoms with Crippen molar-refractivity contribution in [1.82, 2.24) is 5.32 Å². The van der Waals surface area contributed by atoms with Crippen LogP contribution in [0, 0.1) is 0 Å². The molecule has 0 aliphatic heterocycles. The topological polar surface area (TPSA) is 55.4 Å². The minimum absolute atomic E-state index is 0.0829. The Kier molecular flexibility index (Phi) is 5.79. The van der Waals surface area contributed by atoms with E-state index in [2.05, 4.69) is 5.32 Å². The van der Waals surface area contributed by atoms with Crippen LogP contribution in [0.2, 0.25) is 0 Å². The SMILES string of the molecule is CCOC(=O)CCNC(=O)Cc1ccccc1. The predicted octanol–water partition coefficient (Wildman–Crippen LogP) is 1.30. The van der Waals surface area contributed by atoms with E-state index in [0.29, 0.717) is 19.6 Å². The Balaban J connectivity index is 2.20. The summed E-state index contributed by atoms with van der Waals surface area (Å²) in [6.45, 7) is 2.45. The lowest BCUT2D eigenvalue weighted by Crippen LogP contribution is -2.27. The zero-order valence-electron chi connectivity index (χ0n) is 9.94. The van der Waals surface area contributed by atoms with Gasteiger partial charge < -0.3 is 10.1 Å². The Bertz CT molecular complexity index is 362. The van der Waals surface area contributed by atoms with Crippen LogP contribution in [0.15, 0.2) is 30.3 Å². The van der Waals surface area contributed by atoms with Gasteiger partial charge in [-0.05, 0) is 12.5 Å². The zero-order chi connectivity index (χ0) is 12.5. The average Bonchev–Trinajstić information content (AvgIpc) is 2.30. The fraction of sp³-hybridized carbons (Fsp3) is 0.385. The van der Waals surface area contributed by atoms with Crippen molar-refractivity contribution in [3.8, 4) is 0 Å². The van der Waals surface area contributed by atoms with Crippen molar-refractivity contribution in [1.29, 1.82) is 0 Å². The first kappa shape index (κ1) is 13.2.